The molecule has 0 saturated carbocycles. The Morgan fingerprint density at radius 3 is 3.00 bits per heavy atom. The first-order valence-electron chi connectivity index (χ1n) is 4.77. The molecule has 0 N–H and O–H groups in total. The van der Waals surface area contributed by atoms with Gasteiger partial charge in [0.1, 0.15) is 6.61 Å². The lowest BCUT2D eigenvalue weighted by atomic mass is 10.1. The van der Waals surface area contributed by atoms with Crippen molar-refractivity contribution in [1.82, 2.24) is 0 Å². The Morgan fingerprint density at radius 1 is 1.57 bits per heavy atom. The van der Waals surface area contributed by atoms with Crippen molar-refractivity contribution in [3.8, 4) is 0 Å². The van der Waals surface area contributed by atoms with Gasteiger partial charge in [-0.05, 0) is 18.1 Å². The summed E-state index contributed by atoms with van der Waals surface area (Å²) in [5.41, 5.74) is 0.863. The second-order valence-corrected chi connectivity index (χ2v) is 3.24. The summed E-state index contributed by atoms with van der Waals surface area (Å²) in [5, 5.41) is 0. The van der Waals surface area contributed by atoms with Crippen LogP contribution >= 0.6 is 0 Å². The Bertz CT molecular complexity index is 287. The Morgan fingerprint density at radius 2 is 2.36 bits per heavy atom. The third-order valence-electron chi connectivity index (χ3n) is 1.89. The second kappa shape index (κ2) is 5.37. The fourth-order valence-corrected chi connectivity index (χ4v) is 1.18. The molecule has 76 valence electrons. The number of ketones is 1. The second-order valence-electron chi connectivity index (χ2n) is 3.24. The first-order chi connectivity index (χ1) is 6.72. The average molecular weight is 194 g/mol. The highest BCUT2D eigenvalue weighted by molar-refractivity contribution is 5.93. The summed E-state index contributed by atoms with van der Waals surface area (Å²) in [4.78, 5) is 22.0. The van der Waals surface area contributed by atoms with Crippen molar-refractivity contribution in [3.63, 3.8) is 0 Å². The molecule has 0 spiro atoms. The van der Waals surface area contributed by atoms with Gasteiger partial charge in [-0.1, -0.05) is 19.1 Å². The molecule has 1 aliphatic carbocycles. The third-order valence-corrected chi connectivity index (χ3v) is 1.89. The van der Waals surface area contributed by atoms with Gasteiger partial charge in [0, 0.05) is 12.8 Å². The Kier molecular flexibility index (Phi) is 4.11. The molecule has 0 aliphatic heterocycles. The van der Waals surface area contributed by atoms with Crippen LogP contribution in [0.4, 0.5) is 0 Å². The van der Waals surface area contributed by atoms with Crippen LogP contribution in [0.5, 0.6) is 0 Å². The zero-order valence-electron chi connectivity index (χ0n) is 8.29. The van der Waals surface area contributed by atoms with E-state index in [-0.39, 0.29) is 18.4 Å². The highest BCUT2D eigenvalue weighted by Crippen LogP contribution is 2.09. The molecule has 0 aromatic rings. The first-order valence-corrected chi connectivity index (χ1v) is 4.77. The number of carbonyl (C=O) groups is 2. The quantitative estimate of drug-likeness (QED) is 0.641. The van der Waals surface area contributed by atoms with E-state index in [9.17, 15) is 9.59 Å². The summed E-state index contributed by atoms with van der Waals surface area (Å²) < 4.78 is 4.98. The minimum Gasteiger partial charge on any atom is -0.461 e. The molecule has 0 atom stereocenters. The summed E-state index contributed by atoms with van der Waals surface area (Å²) in [6, 6.07) is 0. The van der Waals surface area contributed by atoms with Crippen LogP contribution in [-0.2, 0) is 14.3 Å². The van der Waals surface area contributed by atoms with Crippen molar-refractivity contribution in [1.29, 1.82) is 0 Å². The Hall–Kier alpha value is -1.38. The predicted molar refractivity (Wildman–Crippen MR) is 52.7 cm³/mol. The van der Waals surface area contributed by atoms with E-state index in [1.54, 1.807) is 6.08 Å². The number of rotatable bonds is 4. The Balaban J connectivity index is 2.31. The number of hydrogen-bond acceptors (Lipinski definition) is 3. The van der Waals surface area contributed by atoms with Gasteiger partial charge in [0.15, 0.2) is 5.78 Å². The van der Waals surface area contributed by atoms with Gasteiger partial charge in [-0.25, -0.2) is 0 Å². The van der Waals surface area contributed by atoms with Crippen LogP contribution in [0.1, 0.15) is 26.2 Å². The van der Waals surface area contributed by atoms with Gasteiger partial charge in [-0.3, -0.25) is 9.59 Å². The van der Waals surface area contributed by atoms with Crippen LogP contribution in [0.25, 0.3) is 0 Å². The van der Waals surface area contributed by atoms with Gasteiger partial charge in [-0.2, -0.15) is 0 Å². The monoisotopic (exact) mass is 194 g/mol. The normalized spacial score (nSPS) is 15.2. The maximum atomic E-state index is 11.0. The van der Waals surface area contributed by atoms with Crippen LogP contribution in [0.2, 0.25) is 0 Å². The Labute approximate surface area is 83.4 Å². The van der Waals surface area contributed by atoms with E-state index in [4.69, 9.17) is 4.74 Å². The number of esters is 1. The van der Waals surface area contributed by atoms with Crippen LogP contribution < -0.4 is 0 Å². The van der Waals surface area contributed by atoms with E-state index < -0.39 is 0 Å². The number of ether oxygens (including phenoxy) is 1. The topological polar surface area (TPSA) is 43.4 Å². The summed E-state index contributed by atoms with van der Waals surface area (Å²) in [6.45, 7) is 2.17. The molecule has 14 heavy (non-hydrogen) atoms. The van der Waals surface area contributed by atoms with Gasteiger partial charge in [0.25, 0.3) is 0 Å². The van der Waals surface area contributed by atoms with Crippen LogP contribution in [-0.4, -0.2) is 18.4 Å². The SMILES string of the molecule is CCCC(=O)OCC1=CC=CC(=O)C1. The van der Waals surface area contributed by atoms with Crippen molar-refractivity contribution < 1.29 is 14.3 Å². The lowest BCUT2D eigenvalue weighted by molar-refractivity contribution is -0.142. The molecular formula is C11H14O3. The van der Waals surface area contributed by atoms with Crippen LogP contribution in [0.3, 0.4) is 0 Å². The van der Waals surface area contributed by atoms with E-state index in [2.05, 4.69) is 0 Å². The molecule has 0 aromatic carbocycles. The predicted octanol–water partition coefficient (Wildman–Crippen LogP) is 1.79. The van der Waals surface area contributed by atoms with Crippen molar-refractivity contribution in [2.24, 2.45) is 0 Å². The third kappa shape index (κ3) is 3.56. The highest BCUT2D eigenvalue weighted by Gasteiger charge is 2.08. The van der Waals surface area contributed by atoms with E-state index in [0.717, 1.165) is 12.0 Å². The lowest BCUT2D eigenvalue weighted by Gasteiger charge is -2.08. The molecule has 0 unspecified atom stereocenters. The minimum absolute atomic E-state index is 0.0639. The molecular weight excluding hydrogens is 180 g/mol. The van der Waals surface area contributed by atoms with Crippen molar-refractivity contribution in [2.75, 3.05) is 6.61 Å². The highest BCUT2D eigenvalue weighted by atomic mass is 16.5. The van der Waals surface area contributed by atoms with Crippen LogP contribution in [0.15, 0.2) is 23.8 Å². The average Bonchev–Trinajstić information content (AvgIpc) is 2.15. The summed E-state index contributed by atoms with van der Waals surface area (Å²) in [7, 11) is 0. The van der Waals surface area contributed by atoms with Crippen LogP contribution in [0, 0.1) is 0 Å². The first kappa shape index (κ1) is 10.7. The van der Waals surface area contributed by atoms with Crippen molar-refractivity contribution in [3.05, 3.63) is 23.8 Å². The zero-order chi connectivity index (χ0) is 10.4. The summed E-state index contributed by atoms with van der Waals surface area (Å²) in [5.74, 6) is -0.135. The molecule has 1 rings (SSSR count). The van der Waals surface area contributed by atoms with Gasteiger partial charge < -0.3 is 4.74 Å². The molecule has 1 aliphatic rings. The summed E-state index contributed by atoms with van der Waals surface area (Å²) in [6.07, 6.45) is 6.64. The molecule has 3 nitrogen and oxygen atoms in total. The smallest absolute Gasteiger partial charge is 0.306 e. The number of carbonyl (C=O) groups excluding carboxylic acids is 2. The number of allylic oxidation sites excluding steroid dienone is 3. The van der Waals surface area contributed by atoms with Crippen molar-refractivity contribution in [2.45, 2.75) is 26.2 Å². The lowest BCUT2D eigenvalue weighted by Crippen LogP contribution is -2.10. The molecule has 0 radical (unpaired) electrons. The zero-order valence-corrected chi connectivity index (χ0v) is 8.29. The standard InChI is InChI=1S/C11H14O3/c1-2-4-11(13)14-8-9-5-3-6-10(12)7-9/h3,5-6H,2,4,7-8H2,1H3. The summed E-state index contributed by atoms with van der Waals surface area (Å²) >= 11 is 0. The molecule has 0 heterocycles. The van der Waals surface area contributed by atoms with E-state index >= 15 is 0 Å². The fourth-order valence-electron chi connectivity index (χ4n) is 1.18. The molecule has 0 saturated heterocycles. The van der Waals surface area contributed by atoms with E-state index in [1.807, 2.05) is 13.0 Å². The largest absolute Gasteiger partial charge is 0.461 e. The minimum atomic E-state index is -0.199. The van der Waals surface area contributed by atoms with Gasteiger partial charge >= 0.3 is 5.97 Å². The molecule has 0 amide bonds. The molecule has 3 heteroatoms. The molecule has 0 fully saturated rings. The maximum Gasteiger partial charge on any atom is 0.306 e. The maximum absolute atomic E-state index is 11.0. The van der Waals surface area contributed by atoms with Crippen molar-refractivity contribution >= 4 is 11.8 Å². The van der Waals surface area contributed by atoms with Gasteiger partial charge in [0.2, 0.25) is 0 Å². The number of hydrogen-bond donors (Lipinski definition) is 0. The van der Waals surface area contributed by atoms with E-state index in [1.165, 1.54) is 6.08 Å². The van der Waals surface area contributed by atoms with Gasteiger partial charge in [-0.15, -0.1) is 0 Å². The molecule has 0 bridgehead atoms. The molecule has 0 aromatic heterocycles. The fraction of sp³-hybridized carbons (Fsp3) is 0.455. The van der Waals surface area contributed by atoms with Gasteiger partial charge in [0.05, 0.1) is 0 Å². The van der Waals surface area contributed by atoms with E-state index in [0.29, 0.717) is 12.8 Å².